The van der Waals surface area contributed by atoms with Gasteiger partial charge in [-0.3, -0.25) is 4.79 Å². The molecule has 0 spiro atoms. The van der Waals surface area contributed by atoms with Crippen LogP contribution < -0.4 is 5.32 Å². The molecule has 1 aliphatic carbocycles. The van der Waals surface area contributed by atoms with E-state index in [4.69, 9.17) is 5.11 Å². The number of unbranched alkanes of at least 4 members (excludes halogenated alkanes) is 2. The van der Waals surface area contributed by atoms with Gasteiger partial charge in [-0.05, 0) is 43.7 Å². The zero-order valence-corrected chi connectivity index (χ0v) is 9.88. The summed E-state index contributed by atoms with van der Waals surface area (Å²) in [5.74, 6) is 0.180. The van der Waals surface area contributed by atoms with E-state index in [9.17, 15) is 4.79 Å². The van der Waals surface area contributed by atoms with Crippen molar-refractivity contribution in [2.75, 3.05) is 13.1 Å². The second-order valence-corrected chi connectivity index (χ2v) is 5.30. The second kappa shape index (κ2) is 5.50. The van der Waals surface area contributed by atoms with Crippen molar-refractivity contribution in [3.8, 4) is 0 Å². The van der Waals surface area contributed by atoms with Crippen LogP contribution in [0.4, 0.5) is 0 Å². The Morgan fingerprint density at radius 1 is 1.40 bits per heavy atom. The van der Waals surface area contributed by atoms with Crippen LogP contribution in [0.15, 0.2) is 0 Å². The number of hydrogen-bond acceptors (Lipinski definition) is 2. The van der Waals surface area contributed by atoms with Crippen LogP contribution in [0.2, 0.25) is 0 Å². The molecular formula is C12H23NO2. The summed E-state index contributed by atoms with van der Waals surface area (Å²) in [6.45, 7) is 6.79. The molecule has 0 aromatic rings. The van der Waals surface area contributed by atoms with Crippen molar-refractivity contribution in [1.29, 1.82) is 0 Å². The fourth-order valence-corrected chi connectivity index (χ4v) is 1.90. The highest BCUT2D eigenvalue weighted by Crippen LogP contribution is 2.50. The second-order valence-electron chi connectivity index (χ2n) is 5.30. The molecule has 1 saturated carbocycles. The van der Waals surface area contributed by atoms with Gasteiger partial charge in [0.25, 0.3) is 0 Å². The van der Waals surface area contributed by atoms with Crippen molar-refractivity contribution in [2.45, 2.75) is 46.0 Å². The third-order valence-corrected chi connectivity index (χ3v) is 3.35. The molecular weight excluding hydrogens is 190 g/mol. The van der Waals surface area contributed by atoms with Gasteiger partial charge in [0.2, 0.25) is 0 Å². The van der Waals surface area contributed by atoms with Crippen LogP contribution in [0.5, 0.6) is 0 Å². The molecule has 0 heterocycles. The van der Waals surface area contributed by atoms with Crippen molar-refractivity contribution in [3.05, 3.63) is 0 Å². The van der Waals surface area contributed by atoms with E-state index in [0.29, 0.717) is 11.8 Å². The monoisotopic (exact) mass is 213 g/mol. The van der Waals surface area contributed by atoms with Crippen molar-refractivity contribution in [3.63, 3.8) is 0 Å². The Balaban J connectivity index is 1.80. The number of rotatable bonds is 8. The molecule has 2 N–H and O–H groups in total. The smallest absolute Gasteiger partial charge is 0.303 e. The van der Waals surface area contributed by atoms with E-state index in [1.165, 1.54) is 6.42 Å². The maximum Gasteiger partial charge on any atom is 0.303 e. The van der Waals surface area contributed by atoms with E-state index >= 15 is 0 Å². The lowest BCUT2D eigenvalue weighted by atomic mass is 10.1. The van der Waals surface area contributed by atoms with E-state index in [-0.39, 0.29) is 0 Å². The molecule has 1 unspecified atom stereocenters. The molecule has 3 nitrogen and oxygen atoms in total. The number of carboxylic acid groups (broad SMARTS) is 1. The first kappa shape index (κ1) is 12.5. The van der Waals surface area contributed by atoms with Gasteiger partial charge < -0.3 is 10.4 Å². The summed E-state index contributed by atoms with van der Waals surface area (Å²) >= 11 is 0. The van der Waals surface area contributed by atoms with Crippen LogP contribution in [-0.4, -0.2) is 24.2 Å². The Morgan fingerprint density at radius 2 is 2.07 bits per heavy atom. The number of aliphatic carboxylic acids is 1. The fraction of sp³-hybridized carbons (Fsp3) is 0.917. The molecule has 0 aliphatic heterocycles. The van der Waals surface area contributed by atoms with E-state index in [1.54, 1.807) is 0 Å². The maximum absolute atomic E-state index is 10.2. The van der Waals surface area contributed by atoms with Crippen LogP contribution in [0.25, 0.3) is 0 Å². The zero-order chi connectivity index (χ0) is 11.3. The van der Waals surface area contributed by atoms with E-state index < -0.39 is 5.97 Å². The standard InChI is InChI=1S/C12H23NO2/c1-12(2)8-10(12)9-13-7-5-3-4-6-11(14)15/h10,13H,3-9H2,1-2H3,(H,14,15). The van der Waals surface area contributed by atoms with Gasteiger partial charge in [0.15, 0.2) is 0 Å². The van der Waals surface area contributed by atoms with Crippen molar-refractivity contribution in [2.24, 2.45) is 11.3 Å². The van der Waals surface area contributed by atoms with Gasteiger partial charge in [-0.1, -0.05) is 20.3 Å². The fourth-order valence-electron chi connectivity index (χ4n) is 1.90. The topological polar surface area (TPSA) is 49.3 Å². The van der Waals surface area contributed by atoms with Crippen molar-refractivity contribution < 1.29 is 9.90 Å². The minimum Gasteiger partial charge on any atom is -0.481 e. The van der Waals surface area contributed by atoms with Crippen LogP contribution in [0, 0.1) is 11.3 Å². The quantitative estimate of drug-likeness (QED) is 0.608. The number of carboxylic acids is 1. The first-order valence-electron chi connectivity index (χ1n) is 5.95. The highest BCUT2D eigenvalue weighted by molar-refractivity contribution is 5.66. The Morgan fingerprint density at radius 3 is 2.60 bits per heavy atom. The summed E-state index contributed by atoms with van der Waals surface area (Å²) < 4.78 is 0. The molecule has 0 aromatic carbocycles. The highest BCUT2D eigenvalue weighted by atomic mass is 16.4. The summed E-state index contributed by atoms with van der Waals surface area (Å²) in [6, 6.07) is 0. The molecule has 1 aliphatic rings. The Bertz CT molecular complexity index is 214. The Kier molecular flexibility index (Phi) is 4.58. The first-order chi connectivity index (χ1) is 7.02. The molecule has 1 rings (SSSR count). The van der Waals surface area contributed by atoms with Gasteiger partial charge >= 0.3 is 5.97 Å². The lowest BCUT2D eigenvalue weighted by Gasteiger charge is -2.05. The van der Waals surface area contributed by atoms with Gasteiger partial charge in [0.1, 0.15) is 0 Å². The van der Waals surface area contributed by atoms with Gasteiger partial charge in [0.05, 0.1) is 0 Å². The molecule has 1 fully saturated rings. The normalized spacial score (nSPS) is 22.7. The van der Waals surface area contributed by atoms with Crippen molar-refractivity contribution >= 4 is 5.97 Å². The molecule has 0 aromatic heterocycles. The third-order valence-electron chi connectivity index (χ3n) is 3.35. The van der Waals surface area contributed by atoms with E-state index in [0.717, 1.165) is 38.3 Å². The maximum atomic E-state index is 10.2. The van der Waals surface area contributed by atoms with E-state index in [2.05, 4.69) is 19.2 Å². The Labute approximate surface area is 92.3 Å². The summed E-state index contributed by atoms with van der Waals surface area (Å²) in [7, 11) is 0. The van der Waals surface area contributed by atoms with Crippen LogP contribution >= 0.6 is 0 Å². The minimum absolute atomic E-state index is 0.315. The number of hydrogen-bond donors (Lipinski definition) is 2. The predicted molar refractivity (Wildman–Crippen MR) is 60.9 cm³/mol. The molecule has 0 bridgehead atoms. The lowest BCUT2D eigenvalue weighted by Crippen LogP contribution is -2.19. The number of carbonyl (C=O) groups is 1. The predicted octanol–water partition coefficient (Wildman–Crippen LogP) is 2.27. The largest absolute Gasteiger partial charge is 0.481 e. The average Bonchev–Trinajstić information content (AvgIpc) is 2.72. The van der Waals surface area contributed by atoms with Gasteiger partial charge in [-0.15, -0.1) is 0 Å². The zero-order valence-electron chi connectivity index (χ0n) is 9.88. The molecule has 0 saturated heterocycles. The summed E-state index contributed by atoms with van der Waals surface area (Å²) in [5, 5.41) is 11.9. The summed E-state index contributed by atoms with van der Waals surface area (Å²) in [4.78, 5) is 10.2. The third kappa shape index (κ3) is 5.17. The molecule has 1 atom stereocenters. The summed E-state index contributed by atoms with van der Waals surface area (Å²) in [5.41, 5.74) is 0.566. The Hall–Kier alpha value is -0.570. The van der Waals surface area contributed by atoms with Gasteiger partial charge in [0, 0.05) is 6.42 Å². The molecule has 3 heteroatoms. The van der Waals surface area contributed by atoms with Gasteiger partial charge in [-0.2, -0.15) is 0 Å². The average molecular weight is 213 g/mol. The van der Waals surface area contributed by atoms with Crippen molar-refractivity contribution in [1.82, 2.24) is 5.32 Å². The van der Waals surface area contributed by atoms with Crippen LogP contribution in [0.1, 0.15) is 46.0 Å². The molecule has 0 amide bonds. The molecule has 88 valence electrons. The highest BCUT2D eigenvalue weighted by Gasteiger charge is 2.44. The van der Waals surface area contributed by atoms with Gasteiger partial charge in [-0.25, -0.2) is 0 Å². The van der Waals surface area contributed by atoms with E-state index in [1.807, 2.05) is 0 Å². The minimum atomic E-state index is -0.678. The van der Waals surface area contributed by atoms with Crippen LogP contribution in [0.3, 0.4) is 0 Å². The SMILES string of the molecule is CC1(C)CC1CNCCCCCC(=O)O. The summed E-state index contributed by atoms with van der Waals surface area (Å²) in [6.07, 6.45) is 4.59. The molecule has 0 radical (unpaired) electrons. The lowest BCUT2D eigenvalue weighted by molar-refractivity contribution is -0.137. The number of nitrogens with one attached hydrogen (secondary N) is 1. The molecule has 15 heavy (non-hydrogen) atoms. The van der Waals surface area contributed by atoms with Crippen LogP contribution in [-0.2, 0) is 4.79 Å². The first-order valence-corrected chi connectivity index (χ1v) is 5.95.